The van der Waals surface area contributed by atoms with Gasteiger partial charge in [0.2, 0.25) is 5.82 Å². The normalized spacial score (nSPS) is 10.6. The minimum atomic E-state index is 0.400. The van der Waals surface area contributed by atoms with Gasteiger partial charge in [-0.15, -0.1) is 11.3 Å². The van der Waals surface area contributed by atoms with Gasteiger partial charge in [0, 0.05) is 5.56 Å². The molecule has 4 rings (SSSR count). The number of methoxy groups -OCH3 is 2. The van der Waals surface area contributed by atoms with E-state index in [0.717, 1.165) is 21.8 Å². The Bertz CT molecular complexity index is 1060. The molecule has 0 N–H and O–H groups in total. The van der Waals surface area contributed by atoms with Gasteiger partial charge in [-0.05, 0) is 47.3 Å². The van der Waals surface area contributed by atoms with E-state index >= 15 is 0 Å². The first kappa shape index (κ1) is 18.1. The molecule has 2 aromatic carbocycles. The van der Waals surface area contributed by atoms with E-state index in [1.807, 2.05) is 60.0 Å². The molecule has 0 amide bonds. The van der Waals surface area contributed by atoms with Gasteiger partial charge in [-0.1, -0.05) is 23.4 Å². The Kier molecular flexibility index (Phi) is 5.25. The van der Waals surface area contributed by atoms with Gasteiger partial charge in [0.05, 0.1) is 19.1 Å². The predicted octanol–water partition coefficient (Wildman–Crippen LogP) is 5.06. The maximum absolute atomic E-state index is 5.93. The highest BCUT2D eigenvalue weighted by Crippen LogP contribution is 2.33. The van der Waals surface area contributed by atoms with E-state index in [2.05, 4.69) is 10.1 Å². The summed E-state index contributed by atoms with van der Waals surface area (Å²) in [7, 11) is 3.24. The van der Waals surface area contributed by atoms with Gasteiger partial charge in [-0.25, -0.2) is 0 Å². The number of ether oxygens (including phenoxy) is 3. The molecule has 0 spiro atoms. The zero-order valence-electron chi connectivity index (χ0n) is 15.4. The first-order chi connectivity index (χ1) is 13.8. The molecule has 2 heterocycles. The molecule has 0 unspecified atom stereocenters. The molecule has 7 heteroatoms. The van der Waals surface area contributed by atoms with E-state index in [1.165, 1.54) is 0 Å². The molecule has 0 aliphatic heterocycles. The molecule has 0 aliphatic carbocycles. The maximum atomic E-state index is 5.93. The number of rotatable bonds is 7. The van der Waals surface area contributed by atoms with Crippen LogP contribution in [0, 0.1) is 0 Å². The van der Waals surface area contributed by atoms with E-state index < -0.39 is 0 Å². The van der Waals surface area contributed by atoms with Gasteiger partial charge in [0.15, 0.2) is 11.5 Å². The lowest BCUT2D eigenvalue weighted by atomic mass is 10.2. The van der Waals surface area contributed by atoms with Gasteiger partial charge in [0.25, 0.3) is 5.89 Å². The van der Waals surface area contributed by atoms with Crippen LogP contribution in [0.4, 0.5) is 0 Å². The van der Waals surface area contributed by atoms with Crippen LogP contribution in [0.5, 0.6) is 17.2 Å². The van der Waals surface area contributed by atoms with Crippen LogP contribution in [0.3, 0.4) is 0 Å². The third-order valence-corrected chi connectivity index (χ3v) is 4.97. The van der Waals surface area contributed by atoms with Crippen LogP contribution in [-0.2, 0) is 6.61 Å². The fourth-order valence-electron chi connectivity index (χ4n) is 2.69. The van der Waals surface area contributed by atoms with E-state index in [4.69, 9.17) is 18.7 Å². The van der Waals surface area contributed by atoms with E-state index in [0.29, 0.717) is 29.8 Å². The van der Waals surface area contributed by atoms with Gasteiger partial charge >= 0.3 is 0 Å². The monoisotopic (exact) mass is 394 g/mol. The second kappa shape index (κ2) is 8.14. The van der Waals surface area contributed by atoms with Gasteiger partial charge in [0.1, 0.15) is 12.4 Å². The highest BCUT2D eigenvalue weighted by molar-refractivity contribution is 7.13. The quantitative estimate of drug-likeness (QED) is 0.436. The van der Waals surface area contributed by atoms with Crippen molar-refractivity contribution in [2.24, 2.45) is 0 Å². The molecule has 28 heavy (non-hydrogen) atoms. The maximum Gasteiger partial charge on any atom is 0.268 e. The van der Waals surface area contributed by atoms with Gasteiger partial charge < -0.3 is 18.7 Å². The molecule has 0 bridgehead atoms. The lowest BCUT2D eigenvalue weighted by Crippen LogP contribution is -1.98. The molecule has 0 saturated carbocycles. The summed E-state index contributed by atoms with van der Waals surface area (Å²) in [4.78, 5) is 5.40. The van der Waals surface area contributed by atoms with Crippen molar-refractivity contribution in [1.82, 2.24) is 10.1 Å². The summed E-state index contributed by atoms with van der Waals surface area (Å²) >= 11 is 1.55. The number of hydrogen-bond donors (Lipinski definition) is 0. The van der Waals surface area contributed by atoms with E-state index in [9.17, 15) is 0 Å². The average molecular weight is 394 g/mol. The summed E-state index contributed by atoms with van der Waals surface area (Å²) in [5.41, 5.74) is 1.79. The average Bonchev–Trinajstić information content (AvgIpc) is 3.44. The molecule has 0 fully saturated rings. The number of benzene rings is 2. The zero-order valence-corrected chi connectivity index (χ0v) is 16.2. The summed E-state index contributed by atoms with van der Waals surface area (Å²) in [5, 5.41) is 6.04. The molecule has 142 valence electrons. The summed E-state index contributed by atoms with van der Waals surface area (Å²) in [6.07, 6.45) is 0. The van der Waals surface area contributed by atoms with Crippen LogP contribution in [0.15, 0.2) is 64.5 Å². The Morgan fingerprint density at radius 2 is 1.89 bits per heavy atom. The lowest BCUT2D eigenvalue weighted by Gasteiger charge is -2.12. The smallest absolute Gasteiger partial charge is 0.268 e. The first-order valence-electron chi connectivity index (χ1n) is 8.58. The molecule has 6 nitrogen and oxygen atoms in total. The highest BCUT2D eigenvalue weighted by atomic mass is 32.1. The summed E-state index contributed by atoms with van der Waals surface area (Å²) in [5.74, 6) is 3.03. The predicted molar refractivity (Wildman–Crippen MR) is 107 cm³/mol. The van der Waals surface area contributed by atoms with Crippen molar-refractivity contribution in [3.63, 3.8) is 0 Å². The summed E-state index contributed by atoms with van der Waals surface area (Å²) in [6, 6.07) is 17.2. The Labute approximate surface area is 166 Å². The molecule has 0 saturated heterocycles. The standard InChI is InChI=1S/C21H18N2O4S/c1-24-16-6-3-5-14(11-16)13-26-17-9-8-15(12-18(17)25-2)20-22-21(27-23-20)19-7-4-10-28-19/h3-12H,13H2,1-2H3. The SMILES string of the molecule is COc1cccc(COc2ccc(-c3noc(-c4cccs4)n3)cc2OC)c1. The Morgan fingerprint density at radius 1 is 0.964 bits per heavy atom. The number of nitrogens with zero attached hydrogens (tertiary/aromatic N) is 2. The Balaban J connectivity index is 1.53. The molecular weight excluding hydrogens is 376 g/mol. The highest BCUT2D eigenvalue weighted by Gasteiger charge is 2.14. The van der Waals surface area contributed by atoms with Crippen LogP contribution in [0.25, 0.3) is 22.2 Å². The Morgan fingerprint density at radius 3 is 2.68 bits per heavy atom. The van der Waals surface area contributed by atoms with E-state index in [1.54, 1.807) is 25.6 Å². The summed E-state index contributed by atoms with van der Waals surface area (Å²) < 4.78 is 22.0. The van der Waals surface area contributed by atoms with Crippen LogP contribution >= 0.6 is 11.3 Å². The second-order valence-electron chi connectivity index (χ2n) is 5.91. The summed E-state index contributed by atoms with van der Waals surface area (Å²) in [6.45, 7) is 0.400. The van der Waals surface area contributed by atoms with Crippen LogP contribution in [-0.4, -0.2) is 24.4 Å². The fraction of sp³-hybridized carbons (Fsp3) is 0.143. The molecular formula is C21H18N2O4S. The number of aromatic nitrogens is 2. The molecule has 2 aromatic heterocycles. The number of thiophene rings is 1. The minimum absolute atomic E-state index is 0.400. The van der Waals surface area contributed by atoms with Crippen LogP contribution < -0.4 is 14.2 Å². The fourth-order valence-corrected chi connectivity index (χ4v) is 3.33. The first-order valence-corrected chi connectivity index (χ1v) is 9.46. The molecule has 0 aliphatic rings. The van der Waals surface area contributed by atoms with Gasteiger partial charge in [-0.2, -0.15) is 4.98 Å². The van der Waals surface area contributed by atoms with E-state index in [-0.39, 0.29) is 0 Å². The minimum Gasteiger partial charge on any atom is -0.497 e. The molecule has 0 radical (unpaired) electrons. The van der Waals surface area contributed by atoms with Crippen LogP contribution in [0.2, 0.25) is 0 Å². The second-order valence-corrected chi connectivity index (χ2v) is 6.85. The third-order valence-electron chi connectivity index (χ3n) is 4.11. The topological polar surface area (TPSA) is 66.6 Å². The lowest BCUT2D eigenvalue weighted by molar-refractivity contribution is 0.284. The zero-order chi connectivity index (χ0) is 19.3. The van der Waals surface area contributed by atoms with Crippen molar-refractivity contribution in [3.8, 4) is 39.4 Å². The number of hydrogen-bond acceptors (Lipinski definition) is 7. The van der Waals surface area contributed by atoms with Crippen molar-refractivity contribution in [3.05, 3.63) is 65.5 Å². The largest absolute Gasteiger partial charge is 0.497 e. The van der Waals surface area contributed by atoms with Crippen molar-refractivity contribution in [1.29, 1.82) is 0 Å². The van der Waals surface area contributed by atoms with Crippen molar-refractivity contribution >= 4 is 11.3 Å². The van der Waals surface area contributed by atoms with Crippen molar-refractivity contribution in [2.45, 2.75) is 6.61 Å². The van der Waals surface area contributed by atoms with Crippen molar-refractivity contribution < 1.29 is 18.7 Å². The molecule has 4 aromatic rings. The van der Waals surface area contributed by atoms with Crippen molar-refractivity contribution in [2.75, 3.05) is 14.2 Å². The molecule has 0 atom stereocenters. The third kappa shape index (κ3) is 3.84. The van der Waals surface area contributed by atoms with Crippen LogP contribution in [0.1, 0.15) is 5.56 Å². The Hall–Kier alpha value is -3.32. The van der Waals surface area contributed by atoms with Gasteiger partial charge in [-0.3, -0.25) is 0 Å².